The lowest BCUT2D eigenvalue weighted by molar-refractivity contribution is 0.102. The topological polar surface area (TPSA) is 46.9 Å². The van der Waals surface area contributed by atoms with E-state index in [0.29, 0.717) is 17.8 Å². The number of nitrogens with zero attached hydrogens (tertiary/aromatic N) is 2. The van der Waals surface area contributed by atoms with Crippen molar-refractivity contribution < 1.29 is 18.0 Å². The van der Waals surface area contributed by atoms with E-state index in [2.05, 4.69) is 10.4 Å². The Balaban J connectivity index is 1.75. The van der Waals surface area contributed by atoms with Gasteiger partial charge in [-0.2, -0.15) is 5.10 Å². The number of benzene rings is 2. The normalized spacial score (nSPS) is 10.8. The van der Waals surface area contributed by atoms with Crippen molar-refractivity contribution in [2.75, 3.05) is 5.32 Å². The highest BCUT2D eigenvalue weighted by Crippen LogP contribution is 2.29. The molecule has 4 nitrogen and oxygen atoms in total. The van der Waals surface area contributed by atoms with Gasteiger partial charge in [-0.25, -0.2) is 17.9 Å². The van der Waals surface area contributed by atoms with E-state index in [9.17, 15) is 18.0 Å². The average molecular weight is 399 g/mol. The number of nitrogens with one attached hydrogen (secondary N) is 1. The molecule has 0 aliphatic rings. The number of carbonyl (C=O) groups is 1. The summed E-state index contributed by atoms with van der Waals surface area (Å²) in [5.74, 6) is -4.34. The third-order valence-corrected chi connectivity index (χ3v) is 4.87. The summed E-state index contributed by atoms with van der Waals surface area (Å²) in [6.07, 6.45) is 1.51. The quantitative estimate of drug-likeness (QED) is 0.475. The summed E-state index contributed by atoms with van der Waals surface area (Å²) in [6, 6.07) is 13.8. The molecule has 1 N–H and O–H groups in total. The molecule has 2 aromatic heterocycles. The molecule has 0 atom stereocenters. The highest BCUT2D eigenvalue weighted by atomic mass is 32.1. The molecule has 8 heteroatoms. The predicted octanol–water partition coefficient (Wildman–Crippen LogP) is 5.27. The van der Waals surface area contributed by atoms with Crippen LogP contribution in [-0.2, 0) is 0 Å². The second-order valence-electron chi connectivity index (χ2n) is 5.85. The van der Waals surface area contributed by atoms with Gasteiger partial charge in [-0.1, -0.05) is 24.3 Å². The molecule has 0 aliphatic heterocycles. The van der Waals surface area contributed by atoms with Crippen molar-refractivity contribution in [3.05, 3.63) is 89.2 Å². The van der Waals surface area contributed by atoms with Crippen LogP contribution < -0.4 is 5.32 Å². The van der Waals surface area contributed by atoms with Gasteiger partial charge in [0.25, 0.3) is 5.91 Å². The minimum absolute atomic E-state index is 0.176. The number of aromatic nitrogens is 2. The lowest BCUT2D eigenvalue weighted by Gasteiger charge is -2.06. The first kappa shape index (κ1) is 18.0. The van der Waals surface area contributed by atoms with E-state index in [1.807, 2.05) is 41.8 Å². The van der Waals surface area contributed by atoms with Gasteiger partial charge in [-0.3, -0.25) is 4.79 Å². The number of rotatable bonds is 4. The van der Waals surface area contributed by atoms with E-state index in [0.717, 1.165) is 10.6 Å². The molecule has 140 valence electrons. The van der Waals surface area contributed by atoms with E-state index in [1.165, 1.54) is 22.2 Å². The maximum atomic E-state index is 13.9. The Labute approximate surface area is 161 Å². The Morgan fingerprint density at radius 3 is 2.43 bits per heavy atom. The van der Waals surface area contributed by atoms with Gasteiger partial charge in [0.15, 0.2) is 11.6 Å². The molecule has 4 rings (SSSR count). The number of hydrogen-bond acceptors (Lipinski definition) is 3. The molecule has 0 radical (unpaired) electrons. The number of carbonyl (C=O) groups excluding carboxylic acids is 1. The molecule has 2 aromatic carbocycles. The van der Waals surface area contributed by atoms with Crippen molar-refractivity contribution in [2.24, 2.45) is 0 Å². The van der Waals surface area contributed by atoms with Crippen LogP contribution in [0.2, 0.25) is 0 Å². The zero-order valence-corrected chi connectivity index (χ0v) is 15.0. The highest BCUT2D eigenvalue weighted by molar-refractivity contribution is 7.13. The van der Waals surface area contributed by atoms with Crippen LogP contribution in [0.25, 0.3) is 16.3 Å². The Morgan fingerprint density at radius 1 is 0.964 bits per heavy atom. The maximum absolute atomic E-state index is 13.9. The van der Waals surface area contributed by atoms with E-state index in [1.54, 1.807) is 6.07 Å². The van der Waals surface area contributed by atoms with Crippen LogP contribution in [0.4, 0.5) is 18.9 Å². The van der Waals surface area contributed by atoms with Crippen molar-refractivity contribution in [2.45, 2.75) is 0 Å². The second kappa shape index (κ2) is 7.32. The minimum atomic E-state index is -1.33. The van der Waals surface area contributed by atoms with Crippen LogP contribution in [0.3, 0.4) is 0 Å². The van der Waals surface area contributed by atoms with Gasteiger partial charge in [-0.05, 0) is 23.6 Å². The molecule has 4 aromatic rings. The molecule has 0 spiro atoms. The van der Waals surface area contributed by atoms with Crippen molar-refractivity contribution in [3.8, 4) is 16.3 Å². The van der Waals surface area contributed by atoms with Gasteiger partial charge in [0.2, 0.25) is 0 Å². The fourth-order valence-corrected chi connectivity index (χ4v) is 3.38. The van der Waals surface area contributed by atoms with Gasteiger partial charge in [-0.15, -0.1) is 11.3 Å². The van der Waals surface area contributed by atoms with Crippen molar-refractivity contribution in [3.63, 3.8) is 0 Å². The van der Waals surface area contributed by atoms with Gasteiger partial charge < -0.3 is 5.32 Å². The Hall–Kier alpha value is -3.39. The number of halogens is 3. The highest BCUT2D eigenvalue weighted by Gasteiger charge is 2.21. The third kappa shape index (κ3) is 3.41. The molecule has 2 heterocycles. The van der Waals surface area contributed by atoms with Gasteiger partial charge in [0, 0.05) is 18.3 Å². The average Bonchev–Trinajstić information content (AvgIpc) is 3.36. The van der Waals surface area contributed by atoms with Crippen LogP contribution in [0.15, 0.2) is 66.2 Å². The van der Waals surface area contributed by atoms with Crippen LogP contribution in [0, 0.1) is 17.5 Å². The van der Waals surface area contributed by atoms with Gasteiger partial charge in [0.05, 0.1) is 21.8 Å². The van der Waals surface area contributed by atoms with Gasteiger partial charge in [0.1, 0.15) is 11.5 Å². The summed E-state index contributed by atoms with van der Waals surface area (Å²) >= 11 is 1.39. The Morgan fingerprint density at radius 2 is 1.71 bits per heavy atom. The minimum Gasteiger partial charge on any atom is -0.319 e. The fraction of sp³-hybridized carbons (Fsp3) is 0. The lowest BCUT2D eigenvalue weighted by atomic mass is 10.2. The van der Waals surface area contributed by atoms with E-state index in [-0.39, 0.29) is 5.56 Å². The molecule has 28 heavy (non-hydrogen) atoms. The summed E-state index contributed by atoms with van der Waals surface area (Å²) in [6.45, 7) is 0. The van der Waals surface area contributed by atoms with Gasteiger partial charge >= 0.3 is 0 Å². The first-order chi connectivity index (χ1) is 13.5. The molecular formula is C20H12F3N3OS. The largest absolute Gasteiger partial charge is 0.319 e. The number of para-hydroxylation sites is 1. The Kier molecular flexibility index (Phi) is 4.70. The van der Waals surface area contributed by atoms with Crippen molar-refractivity contribution >= 4 is 22.9 Å². The first-order valence-corrected chi connectivity index (χ1v) is 9.06. The van der Waals surface area contributed by atoms with Crippen molar-refractivity contribution in [1.29, 1.82) is 0 Å². The SMILES string of the molecule is O=C(Nc1cc(F)c(F)cc1F)c1cn(-c2ccccc2)nc1-c1cccs1. The molecule has 0 aliphatic carbocycles. The summed E-state index contributed by atoms with van der Waals surface area (Å²) in [5, 5.41) is 8.61. The second-order valence-corrected chi connectivity index (χ2v) is 6.80. The number of anilines is 1. The van der Waals surface area contributed by atoms with E-state index < -0.39 is 29.0 Å². The molecule has 0 unspecified atom stereocenters. The zero-order chi connectivity index (χ0) is 19.7. The maximum Gasteiger partial charge on any atom is 0.259 e. The predicted molar refractivity (Wildman–Crippen MR) is 101 cm³/mol. The standard InChI is InChI=1S/C20H12F3N3OS/c21-14-9-16(23)17(10-15(14)22)24-20(27)13-11-26(12-5-2-1-3-6-12)25-19(13)18-7-4-8-28-18/h1-11H,(H,24,27). The smallest absolute Gasteiger partial charge is 0.259 e. The molecule has 0 saturated carbocycles. The van der Waals surface area contributed by atoms with Crippen molar-refractivity contribution in [1.82, 2.24) is 9.78 Å². The molecular weight excluding hydrogens is 387 g/mol. The van der Waals surface area contributed by atoms with Crippen LogP contribution >= 0.6 is 11.3 Å². The molecule has 0 bridgehead atoms. The lowest BCUT2D eigenvalue weighted by Crippen LogP contribution is -2.14. The fourth-order valence-electron chi connectivity index (χ4n) is 2.66. The van der Waals surface area contributed by atoms with Crippen LogP contribution in [-0.4, -0.2) is 15.7 Å². The summed E-state index contributed by atoms with van der Waals surface area (Å²) in [7, 11) is 0. The van der Waals surface area contributed by atoms with Crippen LogP contribution in [0.5, 0.6) is 0 Å². The van der Waals surface area contributed by atoms with E-state index >= 15 is 0 Å². The number of hydrogen-bond donors (Lipinski definition) is 1. The summed E-state index contributed by atoms with van der Waals surface area (Å²) in [4.78, 5) is 13.5. The first-order valence-electron chi connectivity index (χ1n) is 8.18. The monoisotopic (exact) mass is 399 g/mol. The molecule has 1 amide bonds. The number of amides is 1. The third-order valence-electron chi connectivity index (χ3n) is 3.99. The summed E-state index contributed by atoms with van der Waals surface area (Å²) in [5.41, 5.74) is 0.863. The molecule has 0 fully saturated rings. The van der Waals surface area contributed by atoms with E-state index in [4.69, 9.17) is 0 Å². The molecule has 0 saturated heterocycles. The Bertz CT molecular complexity index is 1140. The van der Waals surface area contributed by atoms with Crippen LogP contribution in [0.1, 0.15) is 10.4 Å². The summed E-state index contributed by atoms with van der Waals surface area (Å²) < 4.78 is 42.0. The zero-order valence-electron chi connectivity index (χ0n) is 14.2. The number of thiophene rings is 1.